The Labute approximate surface area is 173 Å². The first kappa shape index (κ1) is 21.5. The summed E-state index contributed by atoms with van der Waals surface area (Å²) < 4.78 is 22.4. The predicted octanol–water partition coefficient (Wildman–Crippen LogP) is 5.25. The van der Waals surface area contributed by atoms with E-state index in [1.165, 1.54) is 22.9 Å². The molecule has 0 aliphatic carbocycles. The van der Waals surface area contributed by atoms with Crippen LogP contribution in [0, 0.1) is 9.39 Å². The van der Waals surface area contributed by atoms with E-state index in [0.717, 1.165) is 3.57 Å². The van der Waals surface area contributed by atoms with Crippen LogP contribution >= 0.6 is 34.2 Å². The summed E-state index contributed by atoms with van der Waals surface area (Å²) in [5.74, 6) is -0.528. The monoisotopic (exact) mass is 508 g/mol. The van der Waals surface area contributed by atoms with Gasteiger partial charge in [0.25, 0.3) is 5.56 Å². The lowest BCUT2D eigenvalue weighted by Crippen LogP contribution is -2.43. The van der Waals surface area contributed by atoms with Gasteiger partial charge in [-0.25, -0.2) is 9.07 Å². The number of nitrogens with zero attached hydrogens (tertiary/aromatic N) is 2. The number of hydrogen-bond donors (Lipinski definition) is 0. The Morgan fingerprint density at radius 1 is 1.35 bits per heavy atom. The van der Waals surface area contributed by atoms with Gasteiger partial charge in [-0.2, -0.15) is 5.10 Å². The van der Waals surface area contributed by atoms with Crippen LogP contribution in [-0.2, 0) is 4.43 Å². The summed E-state index contributed by atoms with van der Waals surface area (Å²) in [6, 6.07) is 5.51. The molecule has 0 saturated heterocycles. The topological polar surface area (TPSA) is 44.1 Å². The van der Waals surface area contributed by atoms with Crippen LogP contribution in [0.25, 0.3) is 0 Å². The molecule has 1 atom stereocenters. The number of aromatic nitrogens is 2. The van der Waals surface area contributed by atoms with E-state index >= 15 is 0 Å². The van der Waals surface area contributed by atoms with Crippen molar-refractivity contribution in [1.82, 2.24) is 9.78 Å². The highest BCUT2D eigenvalue weighted by Gasteiger charge is 2.38. The molecule has 1 heterocycles. The lowest BCUT2D eigenvalue weighted by Gasteiger charge is -2.37. The fourth-order valence-electron chi connectivity index (χ4n) is 2.16. The Balaban J connectivity index is 2.45. The number of hydrogen-bond acceptors (Lipinski definition) is 3. The highest BCUT2D eigenvalue weighted by atomic mass is 127. The third kappa shape index (κ3) is 4.93. The Morgan fingerprint density at radius 3 is 2.54 bits per heavy atom. The van der Waals surface area contributed by atoms with E-state index in [-0.39, 0.29) is 22.2 Å². The Bertz CT molecular complexity index is 852. The molecule has 0 fully saturated rings. The molecule has 26 heavy (non-hydrogen) atoms. The van der Waals surface area contributed by atoms with Crippen molar-refractivity contribution in [3.05, 3.63) is 60.8 Å². The van der Waals surface area contributed by atoms with Crippen LogP contribution in [0.1, 0.15) is 32.4 Å². The molecule has 0 amide bonds. The zero-order chi connectivity index (χ0) is 19.7. The molecule has 4 nitrogen and oxygen atoms in total. The van der Waals surface area contributed by atoms with Crippen molar-refractivity contribution >= 4 is 42.5 Å². The third-order valence-electron chi connectivity index (χ3n) is 4.82. The van der Waals surface area contributed by atoms with E-state index in [0.29, 0.717) is 5.56 Å². The molecule has 1 aromatic carbocycles. The standard InChI is InChI=1S/C18H23ClFIN2O2Si/c1-18(2,3)26(4,5)25-11-16(12-6-7-14(19)15(20)8-12)23-17(24)9-13(21)10-22-23/h6-10,16H,11H2,1-5H3. The average Bonchev–Trinajstić information content (AvgIpc) is 2.51. The molecule has 0 bridgehead atoms. The molecule has 1 unspecified atom stereocenters. The van der Waals surface area contributed by atoms with Crippen LogP contribution in [0.2, 0.25) is 23.2 Å². The van der Waals surface area contributed by atoms with Crippen molar-refractivity contribution in [3.8, 4) is 0 Å². The molecule has 142 valence electrons. The van der Waals surface area contributed by atoms with Gasteiger partial charge in [0.1, 0.15) is 11.9 Å². The second kappa shape index (κ2) is 8.08. The van der Waals surface area contributed by atoms with Gasteiger partial charge in [-0.1, -0.05) is 38.4 Å². The number of halogens is 3. The predicted molar refractivity (Wildman–Crippen MR) is 114 cm³/mol. The van der Waals surface area contributed by atoms with Gasteiger partial charge in [0, 0.05) is 9.64 Å². The van der Waals surface area contributed by atoms with E-state index in [1.807, 2.05) is 22.6 Å². The first-order valence-electron chi connectivity index (χ1n) is 8.25. The van der Waals surface area contributed by atoms with Gasteiger partial charge in [0.05, 0.1) is 17.8 Å². The summed E-state index contributed by atoms with van der Waals surface area (Å²) in [7, 11) is -2.05. The van der Waals surface area contributed by atoms with E-state index in [2.05, 4.69) is 39.0 Å². The van der Waals surface area contributed by atoms with Gasteiger partial charge < -0.3 is 4.43 Å². The van der Waals surface area contributed by atoms with Crippen LogP contribution in [0.4, 0.5) is 4.39 Å². The zero-order valence-electron chi connectivity index (χ0n) is 15.5. The van der Waals surface area contributed by atoms with Gasteiger partial charge in [0.15, 0.2) is 8.32 Å². The normalized spacial score (nSPS) is 13.7. The van der Waals surface area contributed by atoms with Crippen LogP contribution in [-0.4, -0.2) is 24.7 Å². The quantitative estimate of drug-likeness (QED) is 0.409. The molecule has 0 saturated carbocycles. The minimum absolute atomic E-state index is 0.0211. The van der Waals surface area contributed by atoms with Crippen molar-refractivity contribution in [2.24, 2.45) is 0 Å². The molecule has 0 N–H and O–H groups in total. The maximum Gasteiger partial charge on any atom is 0.268 e. The summed E-state index contributed by atoms with van der Waals surface area (Å²) in [6.07, 6.45) is 1.60. The molecule has 0 aliphatic heterocycles. The molecule has 0 aliphatic rings. The highest BCUT2D eigenvalue weighted by molar-refractivity contribution is 14.1. The Kier molecular flexibility index (Phi) is 6.69. The van der Waals surface area contributed by atoms with Crippen LogP contribution < -0.4 is 5.56 Å². The molecule has 1 aromatic heterocycles. The maximum atomic E-state index is 14.0. The van der Waals surface area contributed by atoms with Gasteiger partial charge >= 0.3 is 0 Å². The van der Waals surface area contributed by atoms with Gasteiger partial charge in [-0.05, 0) is 58.4 Å². The van der Waals surface area contributed by atoms with Crippen molar-refractivity contribution in [2.45, 2.75) is 44.9 Å². The van der Waals surface area contributed by atoms with E-state index in [4.69, 9.17) is 16.0 Å². The molecular formula is C18H23ClFIN2O2Si. The first-order chi connectivity index (χ1) is 11.9. The average molecular weight is 509 g/mol. The fourth-order valence-corrected chi connectivity index (χ4v) is 3.68. The van der Waals surface area contributed by atoms with E-state index in [1.54, 1.807) is 12.3 Å². The summed E-state index contributed by atoms with van der Waals surface area (Å²) in [4.78, 5) is 12.5. The Hall–Kier alpha value is -0.773. The molecule has 0 radical (unpaired) electrons. The van der Waals surface area contributed by atoms with Crippen molar-refractivity contribution in [3.63, 3.8) is 0 Å². The first-order valence-corrected chi connectivity index (χ1v) is 12.6. The fraction of sp³-hybridized carbons (Fsp3) is 0.444. The summed E-state index contributed by atoms with van der Waals surface area (Å²) in [6.45, 7) is 10.9. The second-order valence-electron chi connectivity index (χ2n) is 7.72. The summed E-state index contributed by atoms with van der Waals surface area (Å²) >= 11 is 7.85. The largest absolute Gasteiger partial charge is 0.414 e. The SMILES string of the molecule is CC(C)(C)[Si](C)(C)OCC(c1ccc(Cl)c(F)c1)n1ncc(I)cc1=O. The lowest BCUT2D eigenvalue weighted by molar-refractivity contribution is 0.236. The van der Waals surface area contributed by atoms with Crippen molar-refractivity contribution in [2.75, 3.05) is 6.61 Å². The molecular weight excluding hydrogens is 486 g/mol. The van der Waals surface area contributed by atoms with Gasteiger partial charge in [-0.15, -0.1) is 0 Å². The highest BCUT2D eigenvalue weighted by Crippen LogP contribution is 2.37. The third-order valence-corrected chi connectivity index (χ3v) is 10.2. The van der Waals surface area contributed by atoms with Crippen LogP contribution in [0.15, 0.2) is 35.3 Å². The van der Waals surface area contributed by atoms with E-state index < -0.39 is 20.2 Å². The molecule has 2 rings (SSSR count). The minimum Gasteiger partial charge on any atom is -0.414 e. The zero-order valence-corrected chi connectivity index (χ0v) is 19.4. The number of benzene rings is 1. The summed E-state index contributed by atoms with van der Waals surface area (Å²) in [5, 5.41) is 4.31. The summed E-state index contributed by atoms with van der Waals surface area (Å²) in [5.41, 5.74) is 0.345. The maximum absolute atomic E-state index is 14.0. The van der Waals surface area contributed by atoms with Gasteiger partial charge in [0.2, 0.25) is 0 Å². The molecule has 8 heteroatoms. The lowest BCUT2D eigenvalue weighted by atomic mass is 10.1. The Morgan fingerprint density at radius 2 is 2.00 bits per heavy atom. The molecule has 0 spiro atoms. The van der Waals surface area contributed by atoms with E-state index in [9.17, 15) is 9.18 Å². The smallest absolute Gasteiger partial charge is 0.268 e. The minimum atomic E-state index is -2.05. The molecule has 2 aromatic rings. The second-order valence-corrected chi connectivity index (χ2v) is 14.2. The van der Waals surface area contributed by atoms with Gasteiger partial charge in [-0.3, -0.25) is 4.79 Å². The van der Waals surface area contributed by atoms with Crippen molar-refractivity contribution < 1.29 is 8.82 Å². The van der Waals surface area contributed by atoms with Crippen LogP contribution in [0.3, 0.4) is 0 Å². The van der Waals surface area contributed by atoms with Crippen LogP contribution in [0.5, 0.6) is 0 Å². The number of rotatable bonds is 5. The van der Waals surface area contributed by atoms with Crippen molar-refractivity contribution in [1.29, 1.82) is 0 Å².